The van der Waals surface area contributed by atoms with Crippen molar-refractivity contribution >= 4 is 32.4 Å². The number of thiazole rings is 1. The summed E-state index contributed by atoms with van der Waals surface area (Å²) in [4.78, 5) is 5.56. The molecule has 0 atom stereocenters. The van der Waals surface area contributed by atoms with E-state index in [1.165, 1.54) is 10.4 Å². The number of aryl methyl sites for hydroxylation is 3. The van der Waals surface area contributed by atoms with Gasteiger partial charge in [0.15, 0.2) is 5.13 Å². The summed E-state index contributed by atoms with van der Waals surface area (Å²) in [7, 11) is 0. The predicted octanol–water partition coefficient (Wildman–Crippen LogP) is 3.58. The Bertz CT molecular complexity index is 494. The zero-order valence-corrected chi connectivity index (χ0v) is 11.4. The Balaban J connectivity index is 2.08. The second kappa shape index (κ2) is 4.97. The largest absolute Gasteiger partial charge is 0.375 e. The average molecular weight is 297 g/mol. The maximum absolute atomic E-state index is 5.68. The molecule has 0 amide bonds. The normalized spacial score (nSPS) is 10.6. The zero-order valence-electron chi connectivity index (χ0n) is 9.03. The highest BCUT2D eigenvalue weighted by Gasteiger charge is 2.06. The van der Waals surface area contributed by atoms with Gasteiger partial charge in [0.2, 0.25) is 0 Å². The third-order valence-electron chi connectivity index (χ3n) is 2.50. The van der Waals surface area contributed by atoms with Crippen LogP contribution in [0.1, 0.15) is 16.1 Å². The number of rotatable bonds is 3. The Morgan fingerprint density at radius 3 is 2.69 bits per heavy atom. The standard InChI is InChI=1S/C12H13BrN2S/c1-8-11(15-12(14)16-8)7-6-9-4-2-3-5-10(9)13/h2-5H,6-7H2,1H3,(H2,14,15). The highest BCUT2D eigenvalue weighted by molar-refractivity contribution is 9.10. The maximum atomic E-state index is 5.68. The molecule has 4 heteroatoms. The Labute approximate surface area is 108 Å². The van der Waals surface area contributed by atoms with Crippen LogP contribution in [-0.2, 0) is 12.8 Å². The number of halogens is 1. The maximum Gasteiger partial charge on any atom is 0.180 e. The van der Waals surface area contributed by atoms with E-state index in [0.717, 1.165) is 23.0 Å². The number of aromatic nitrogens is 1. The average Bonchev–Trinajstić information content (AvgIpc) is 2.56. The third kappa shape index (κ3) is 2.62. The number of benzene rings is 1. The first kappa shape index (κ1) is 11.6. The van der Waals surface area contributed by atoms with Gasteiger partial charge in [0.25, 0.3) is 0 Å². The van der Waals surface area contributed by atoms with E-state index in [9.17, 15) is 0 Å². The van der Waals surface area contributed by atoms with Gasteiger partial charge in [0, 0.05) is 9.35 Å². The summed E-state index contributed by atoms with van der Waals surface area (Å²) in [6, 6.07) is 8.29. The summed E-state index contributed by atoms with van der Waals surface area (Å²) < 4.78 is 1.16. The molecule has 2 nitrogen and oxygen atoms in total. The molecule has 0 spiro atoms. The fraction of sp³-hybridized carbons (Fsp3) is 0.250. The number of hydrogen-bond acceptors (Lipinski definition) is 3. The summed E-state index contributed by atoms with van der Waals surface area (Å²) in [6.07, 6.45) is 1.94. The first-order chi connectivity index (χ1) is 7.66. The summed E-state index contributed by atoms with van der Waals surface area (Å²) in [5.74, 6) is 0. The van der Waals surface area contributed by atoms with Crippen LogP contribution in [0.5, 0.6) is 0 Å². The van der Waals surface area contributed by atoms with E-state index in [1.54, 1.807) is 11.3 Å². The molecule has 2 aromatic rings. The quantitative estimate of drug-likeness (QED) is 0.940. The van der Waals surface area contributed by atoms with Gasteiger partial charge in [0.05, 0.1) is 5.69 Å². The third-order valence-corrected chi connectivity index (χ3v) is 4.11. The molecule has 0 aliphatic rings. The molecule has 0 saturated carbocycles. The van der Waals surface area contributed by atoms with Gasteiger partial charge in [-0.25, -0.2) is 4.98 Å². The lowest BCUT2D eigenvalue weighted by Crippen LogP contribution is -1.95. The fourth-order valence-electron chi connectivity index (χ4n) is 1.64. The van der Waals surface area contributed by atoms with E-state index in [2.05, 4.69) is 46.0 Å². The van der Waals surface area contributed by atoms with Crippen molar-refractivity contribution in [3.8, 4) is 0 Å². The lowest BCUT2D eigenvalue weighted by Gasteiger charge is -2.02. The van der Waals surface area contributed by atoms with Crippen molar-refractivity contribution in [2.45, 2.75) is 19.8 Å². The second-order valence-electron chi connectivity index (χ2n) is 3.65. The van der Waals surface area contributed by atoms with Crippen LogP contribution in [-0.4, -0.2) is 4.98 Å². The zero-order chi connectivity index (χ0) is 11.5. The van der Waals surface area contributed by atoms with Crippen molar-refractivity contribution in [1.82, 2.24) is 4.98 Å². The van der Waals surface area contributed by atoms with Crippen LogP contribution in [0.15, 0.2) is 28.7 Å². The minimum atomic E-state index is 0.666. The first-order valence-corrected chi connectivity index (χ1v) is 6.73. The van der Waals surface area contributed by atoms with Crippen LogP contribution < -0.4 is 5.73 Å². The molecule has 0 fully saturated rings. The van der Waals surface area contributed by atoms with Crippen LogP contribution in [0.3, 0.4) is 0 Å². The Morgan fingerprint density at radius 1 is 1.31 bits per heavy atom. The van der Waals surface area contributed by atoms with Crippen LogP contribution in [0.2, 0.25) is 0 Å². The van der Waals surface area contributed by atoms with E-state index >= 15 is 0 Å². The molecule has 0 bridgehead atoms. The molecule has 2 rings (SSSR count). The van der Waals surface area contributed by atoms with Gasteiger partial charge in [-0.1, -0.05) is 34.1 Å². The summed E-state index contributed by atoms with van der Waals surface area (Å²) in [5, 5.41) is 0.666. The molecular weight excluding hydrogens is 284 g/mol. The van der Waals surface area contributed by atoms with Gasteiger partial charge in [-0.15, -0.1) is 11.3 Å². The lowest BCUT2D eigenvalue weighted by molar-refractivity contribution is 0.914. The highest BCUT2D eigenvalue weighted by Crippen LogP contribution is 2.22. The van der Waals surface area contributed by atoms with E-state index in [0.29, 0.717) is 5.13 Å². The van der Waals surface area contributed by atoms with Crippen molar-refractivity contribution in [2.75, 3.05) is 5.73 Å². The molecule has 84 valence electrons. The molecule has 0 aliphatic carbocycles. The van der Waals surface area contributed by atoms with E-state index in [4.69, 9.17) is 5.73 Å². The molecule has 2 N–H and O–H groups in total. The number of anilines is 1. The van der Waals surface area contributed by atoms with Crippen molar-refractivity contribution in [2.24, 2.45) is 0 Å². The molecule has 1 heterocycles. The van der Waals surface area contributed by atoms with Gasteiger partial charge in [-0.2, -0.15) is 0 Å². The van der Waals surface area contributed by atoms with Gasteiger partial charge in [0.1, 0.15) is 0 Å². The molecule has 0 aliphatic heterocycles. The molecular formula is C12H13BrN2S. The van der Waals surface area contributed by atoms with Crippen molar-refractivity contribution < 1.29 is 0 Å². The van der Waals surface area contributed by atoms with E-state index < -0.39 is 0 Å². The molecule has 0 saturated heterocycles. The van der Waals surface area contributed by atoms with Crippen LogP contribution in [0.4, 0.5) is 5.13 Å². The van der Waals surface area contributed by atoms with Crippen LogP contribution in [0, 0.1) is 6.92 Å². The molecule has 1 aromatic carbocycles. The SMILES string of the molecule is Cc1sc(N)nc1CCc1ccccc1Br. The lowest BCUT2D eigenvalue weighted by atomic mass is 10.1. The Hall–Kier alpha value is -0.870. The van der Waals surface area contributed by atoms with Gasteiger partial charge < -0.3 is 5.73 Å². The van der Waals surface area contributed by atoms with Crippen LogP contribution >= 0.6 is 27.3 Å². The monoisotopic (exact) mass is 296 g/mol. The molecule has 1 aromatic heterocycles. The summed E-state index contributed by atoms with van der Waals surface area (Å²) in [6.45, 7) is 2.07. The fourth-order valence-corrected chi connectivity index (χ4v) is 2.85. The van der Waals surface area contributed by atoms with Crippen molar-refractivity contribution in [3.05, 3.63) is 44.9 Å². The predicted molar refractivity (Wildman–Crippen MR) is 72.8 cm³/mol. The molecule has 0 radical (unpaired) electrons. The summed E-state index contributed by atoms with van der Waals surface area (Å²) >= 11 is 5.11. The topological polar surface area (TPSA) is 38.9 Å². The summed E-state index contributed by atoms with van der Waals surface area (Å²) in [5.41, 5.74) is 8.11. The van der Waals surface area contributed by atoms with Crippen molar-refractivity contribution in [3.63, 3.8) is 0 Å². The minimum absolute atomic E-state index is 0.666. The molecule has 0 unspecified atom stereocenters. The van der Waals surface area contributed by atoms with E-state index in [1.807, 2.05) is 6.07 Å². The first-order valence-electron chi connectivity index (χ1n) is 5.12. The van der Waals surface area contributed by atoms with Crippen molar-refractivity contribution in [1.29, 1.82) is 0 Å². The highest BCUT2D eigenvalue weighted by atomic mass is 79.9. The van der Waals surface area contributed by atoms with Gasteiger partial charge >= 0.3 is 0 Å². The molecule has 16 heavy (non-hydrogen) atoms. The van der Waals surface area contributed by atoms with E-state index in [-0.39, 0.29) is 0 Å². The smallest absolute Gasteiger partial charge is 0.180 e. The van der Waals surface area contributed by atoms with Crippen LogP contribution in [0.25, 0.3) is 0 Å². The Morgan fingerprint density at radius 2 is 2.06 bits per heavy atom. The number of nitrogens with two attached hydrogens (primary N) is 1. The van der Waals surface area contributed by atoms with Gasteiger partial charge in [-0.3, -0.25) is 0 Å². The number of nitrogens with zero attached hydrogens (tertiary/aromatic N) is 1. The van der Waals surface area contributed by atoms with Gasteiger partial charge in [-0.05, 0) is 31.4 Å². The minimum Gasteiger partial charge on any atom is -0.375 e. The second-order valence-corrected chi connectivity index (χ2v) is 5.74. The number of nitrogen functional groups attached to an aromatic ring is 1. The Kier molecular flexibility index (Phi) is 3.61. The number of hydrogen-bond donors (Lipinski definition) is 1.